The SMILES string of the molecule is Cc1cc(NC(=O)C(C)N2CCN(c3nccs3)CC2)no1. The molecular weight excluding hydrogens is 302 g/mol. The van der Waals surface area contributed by atoms with Crippen molar-refractivity contribution in [2.45, 2.75) is 19.9 Å². The lowest BCUT2D eigenvalue weighted by molar-refractivity contribution is -0.120. The van der Waals surface area contributed by atoms with Crippen LogP contribution in [0.15, 0.2) is 22.2 Å². The van der Waals surface area contributed by atoms with Crippen LogP contribution in [0.4, 0.5) is 10.9 Å². The predicted octanol–water partition coefficient (Wildman–Crippen LogP) is 1.59. The fraction of sp³-hybridized carbons (Fsp3) is 0.500. The van der Waals surface area contributed by atoms with Crippen LogP contribution in [0.5, 0.6) is 0 Å². The average molecular weight is 321 g/mol. The summed E-state index contributed by atoms with van der Waals surface area (Å²) >= 11 is 1.65. The van der Waals surface area contributed by atoms with Crippen molar-refractivity contribution in [3.05, 3.63) is 23.4 Å². The quantitative estimate of drug-likeness (QED) is 0.922. The molecule has 0 radical (unpaired) electrons. The van der Waals surface area contributed by atoms with Crippen LogP contribution in [0.1, 0.15) is 12.7 Å². The number of hydrogen-bond donors (Lipinski definition) is 1. The van der Waals surface area contributed by atoms with Gasteiger partial charge in [0.1, 0.15) is 5.76 Å². The number of nitrogens with one attached hydrogen (secondary N) is 1. The Morgan fingerprint density at radius 2 is 2.18 bits per heavy atom. The molecule has 0 aliphatic carbocycles. The lowest BCUT2D eigenvalue weighted by Crippen LogP contribution is -2.52. The number of aryl methyl sites for hydroxylation is 1. The number of carbonyl (C=O) groups is 1. The topological polar surface area (TPSA) is 74.5 Å². The maximum Gasteiger partial charge on any atom is 0.242 e. The third kappa shape index (κ3) is 3.28. The molecule has 22 heavy (non-hydrogen) atoms. The number of piperazine rings is 1. The van der Waals surface area contributed by atoms with E-state index in [1.54, 1.807) is 24.3 Å². The van der Waals surface area contributed by atoms with Crippen molar-refractivity contribution in [2.24, 2.45) is 0 Å². The van der Waals surface area contributed by atoms with E-state index in [0.717, 1.165) is 31.3 Å². The second kappa shape index (κ2) is 6.45. The second-order valence-electron chi connectivity index (χ2n) is 5.33. The monoisotopic (exact) mass is 321 g/mol. The van der Waals surface area contributed by atoms with Gasteiger partial charge in [0, 0.05) is 43.8 Å². The highest BCUT2D eigenvalue weighted by molar-refractivity contribution is 7.13. The molecule has 0 aromatic carbocycles. The zero-order valence-corrected chi connectivity index (χ0v) is 13.5. The van der Waals surface area contributed by atoms with Crippen LogP contribution in [0.25, 0.3) is 0 Å². The molecule has 1 aliphatic rings. The van der Waals surface area contributed by atoms with E-state index >= 15 is 0 Å². The first-order valence-corrected chi connectivity index (χ1v) is 8.14. The fourth-order valence-electron chi connectivity index (χ4n) is 2.49. The highest BCUT2D eigenvalue weighted by Crippen LogP contribution is 2.19. The number of amides is 1. The maximum absolute atomic E-state index is 12.3. The summed E-state index contributed by atoms with van der Waals surface area (Å²) in [4.78, 5) is 21.0. The van der Waals surface area contributed by atoms with Crippen molar-refractivity contribution in [2.75, 3.05) is 36.4 Å². The molecule has 8 heteroatoms. The number of carbonyl (C=O) groups excluding carboxylic acids is 1. The molecule has 1 fully saturated rings. The fourth-order valence-corrected chi connectivity index (χ4v) is 3.19. The summed E-state index contributed by atoms with van der Waals surface area (Å²) in [6.45, 7) is 7.16. The molecule has 0 bridgehead atoms. The first-order valence-electron chi connectivity index (χ1n) is 7.26. The minimum absolute atomic E-state index is 0.0593. The van der Waals surface area contributed by atoms with E-state index in [2.05, 4.69) is 25.3 Å². The number of aromatic nitrogens is 2. The summed E-state index contributed by atoms with van der Waals surface area (Å²) < 4.78 is 4.96. The molecule has 2 aromatic rings. The predicted molar refractivity (Wildman–Crippen MR) is 85.2 cm³/mol. The van der Waals surface area contributed by atoms with Gasteiger partial charge in [0.2, 0.25) is 5.91 Å². The van der Waals surface area contributed by atoms with Crippen LogP contribution in [-0.4, -0.2) is 53.2 Å². The van der Waals surface area contributed by atoms with E-state index in [1.165, 1.54) is 0 Å². The minimum atomic E-state index is -0.199. The third-order valence-corrected chi connectivity index (χ3v) is 4.64. The smallest absolute Gasteiger partial charge is 0.242 e. The van der Waals surface area contributed by atoms with E-state index in [1.807, 2.05) is 18.5 Å². The van der Waals surface area contributed by atoms with E-state index in [-0.39, 0.29) is 11.9 Å². The highest BCUT2D eigenvalue weighted by atomic mass is 32.1. The van der Waals surface area contributed by atoms with Gasteiger partial charge in [-0.05, 0) is 13.8 Å². The van der Waals surface area contributed by atoms with Crippen LogP contribution < -0.4 is 10.2 Å². The molecule has 1 unspecified atom stereocenters. The molecule has 118 valence electrons. The number of hydrogen-bond acceptors (Lipinski definition) is 7. The molecule has 1 atom stereocenters. The lowest BCUT2D eigenvalue weighted by atomic mass is 10.2. The number of anilines is 2. The highest BCUT2D eigenvalue weighted by Gasteiger charge is 2.26. The van der Waals surface area contributed by atoms with Crippen molar-refractivity contribution in [3.8, 4) is 0 Å². The van der Waals surface area contributed by atoms with Gasteiger partial charge < -0.3 is 14.7 Å². The molecule has 1 N–H and O–H groups in total. The average Bonchev–Trinajstić information content (AvgIpc) is 3.18. The van der Waals surface area contributed by atoms with Crippen LogP contribution >= 0.6 is 11.3 Å². The Bertz CT molecular complexity index is 619. The maximum atomic E-state index is 12.3. The summed E-state index contributed by atoms with van der Waals surface area (Å²) in [5.41, 5.74) is 0. The Morgan fingerprint density at radius 1 is 1.41 bits per heavy atom. The van der Waals surface area contributed by atoms with E-state index in [9.17, 15) is 4.79 Å². The zero-order valence-electron chi connectivity index (χ0n) is 12.7. The van der Waals surface area contributed by atoms with Gasteiger partial charge in [-0.15, -0.1) is 11.3 Å². The summed E-state index contributed by atoms with van der Waals surface area (Å²) in [6.07, 6.45) is 1.82. The number of rotatable bonds is 4. The van der Waals surface area contributed by atoms with E-state index < -0.39 is 0 Å². The van der Waals surface area contributed by atoms with Crippen molar-refractivity contribution in [3.63, 3.8) is 0 Å². The van der Waals surface area contributed by atoms with Gasteiger partial charge in [-0.25, -0.2) is 4.98 Å². The Hall–Kier alpha value is -1.93. The summed E-state index contributed by atoms with van der Waals surface area (Å²) in [5.74, 6) is 1.09. The molecule has 1 amide bonds. The van der Waals surface area contributed by atoms with Gasteiger partial charge in [-0.2, -0.15) is 0 Å². The molecule has 3 rings (SSSR count). The molecular formula is C14H19N5O2S. The van der Waals surface area contributed by atoms with Crippen LogP contribution in [0.3, 0.4) is 0 Å². The minimum Gasteiger partial charge on any atom is -0.360 e. The van der Waals surface area contributed by atoms with Crippen molar-refractivity contribution >= 4 is 28.2 Å². The Labute approximate surface area is 132 Å². The summed E-state index contributed by atoms with van der Waals surface area (Å²) in [6, 6.07) is 1.51. The number of nitrogens with zero attached hydrogens (tertiary/aromatic N) is 4. The van der Waals surface area contributed by atoms with Gasteiger partial charge in [-0.1, -0.05) is 5.16 Å². The summed E-state index contributed by atoms with van der Waals surface area (Å²) in [5, 5.41) is 9.61. The Kier molecular flexibility index (Phi) is 4.39. The Balaban J connectivity index is 1.53. The van der Waals surface area contributed by atoms with Gasteiger partial charge in [0.15, 0.2) is 10.9 Å². The van der Waals surface area contributed by atoms with Crippen LogP contribution in [-0.2, 0) is 4.79 Å². The largest absolute Gasteiger partial charge is 0.360 e. The third-order valence-electron chi connectivity index (χ3n) is 3.81. The van der Waals surface area contributed by atoms with Gasteiger partial charge in [0.05, 0.1) is 6.04 Å². The van der Waals surface area contributed by atoms with Crippen molar-refractivity contribution in [1.82, 2.24) is 15.0 Å². The van der Waals surface area contributed by atoms with E-state index in [4.69, 9.17) is 4.52 Å². The second-order valence-corrected chi connectivity index (χ2v) is 6.20. The van der Waals surface area contributed by atoms with Crippen molar-refractivity contribution < 1.29 is 9.32 Å². The number of thiazole rings is 1. The lowest BCUT2D eigenvalue weighted by Gasteiger charge is -2.37. The molecule has 0 spiro atoms. The van der Waals surface area contributed by atoms with Crippen LogP contribution in [0.2, 0.25) is 0 Å². The first kappa shape index (κ1) is 15.0. The normalized spacial score (nSPS) is 17.5. The van der Waals surface area contributed by atoms with Gasteiger partial charge in [-0.3, -0.25) is 9.69 Å². The Morgan fingerprint density at radius 3 is 2.77 bits per heavy atom. The molecule has 1 aliphatic heterocycles. The van der Waals surface area contributed by atoms with Gasteiger partial charge >= 0.3 is 0 Å². The molecule has 1 saturated heterocycles. The van der Waals surface area contributed by atoms with Crippen molar-refractivity contribution in [1.29, 1.82) is 0 Å². The molecule has 0 saturated carbocycles. The molecule has 2 aromatic heterocycles. The zero-order chi connectivity index (χ0) is 15.5. The standard InChI is InChI=1S/C14H19N5O2S/c1-10-9-12(17-21-10)16-13(20)11(2)18-4-6-19(7-5-18)14-15-3-8-22-14/h3,8-9,11H,4-7H2,1-2H3,(H,16,17,20). The van der Waals surface area contributed by atoms with Crippen LogP contribution in [0, 0.1) is 6.92 Å². The molecule has 3 heterocycles. The van der Waals surface area contributed by atoms with Gasteiger partial charge in [0.25, 0.3) is 0 Å². The summed E-state index contributed by atoms with van der Waals surface area (Å²) in [7, 11) is 0. The van der Waals surface area contributed by atoms with E-state index in [0.29, 0.717) is 11.6 Å². The first-order chi connectivity index (χ1) is 10.6. The molecule has 7 nitrogen and oxygen atoms in total.